The van der Waals surface area contributed by atoms with E-state index >= 15 is 0 Å². The van der Waals surface area contributed by atoms with Crippen molar-refractivity contribution in [3.63, 3.8) is 0 Å². The zero-order chi connectivity index (χ0) is 18.5. The molecule has 2 unspecified atom stereocenters. The first-order valence-corrected chi connectivity index (χ1v) is 9.76. The largest absolute Gasteiger partial charge is 0.494 e. The average Bonchev–Trinajstić information content (AvgIpc) is 3.16. The number of aryl methyl sites for hydroxylation is 1. The zero-order valence-electron chi connectivity index (χ0n) is 15.5. The summed E-state index contributed by atoms with van der Waals surface area (Å²) in [6.45, 7) is 2.07. The average molecular weight is 371 g/mol. The number of fused-ring (bicyclic) bond motifs is 1. The maximum atomic E-state index is 12.9. The maximum Gasteiger partial charge on any atom is 0.231 e. The molecule has 2 heterocycles. The van der Waals surface area contributed by atoms with Crippen LogP contribution in [-0.2, 0) is 6.42 Å². The summed E-state index contributed by atoms with van der Waals surface area (Å²) in [5, 5.41) is 3.65. The van der Waals surface area contributed by atoms with Crippen LogP contribution >= 0.6 is 0 Å². The smallest absolute Gasteiger partial charge is 0.231 e. The Labute approximate surface area is 159 Å². The van der Waals surface area contributed by atoms with E-state index in [0.717, 1.165) is 43.1 Å². The van der Waals surface area contributed by atoms with Gasteiger partial charge in [0, 0.05) is 6.04 Å². The highest BCUT2D eigenvalue weighted by Gasteiger charge is 2.21. The summed E-state index contributed by atoms with van der Waals surface area (Å²) in [4.78, 5) is 0. The molecule has 4 nitrogen and oxygen atoms in total. The Morgan fingerprint density at radius 1 is 1.04 bits per heavy atom. The quantitative estimate of drug-likeness (QED) is 0.787. The molecule has 2 aliphatic heterocycles. The number of benzene rings is 2. The van der Waals surface area contributed by atoms with Gasteiger partial charge in [0.1, 0.15) is 11.6 Å². The number of ether oxygens (including phenoxy) is 3. The lowest BCUT2D eigenvalue weighted by Gasteiger charge is -2.30. The van der Waals surface area contributed by atoms with Crippen LogP contribution in [0.25, 0.3) is 0 Å². The van der Waals surface area contributed by atoms with Crippen molar-refractivity contribution in [3.8, 4) is 17.2 Å². The van der Waals surface area contributed by atoms with Crippen molar-refractivity contribution in [1.82, 2.24) is 5.32 Å². The number of nitrogens with one attached hydrogen (secondary N) is 1. The van der Waals surface area contributed by atoms with Crippen LogP contribution in [0.2, 0.25) is 0 Å². The molecule has 2 aromatic rings. The van der Waals surface area contributed by atoms with Crippen molar-refractivity contribution >= 4 is 0 Å². The topological polar surface area (TPSA) is 39.7 Å². The van der Waals surface area contributed by atoms with Crippen molar-refractivity contribution in [2.24, 2.45) is 5.92 Å². The Morgan fingerprint density at radius 2 is 1.89 bits per heavy atom. The molecule has 27 heavy (non-hydrogen) atoms. The summed E-state index contributed by atoms with van der Waals surface area (Å²) in [6, 6.07) is 13.0. The number of halogens is 1. The van der Waals surface area contributed by atoms with Crippen LogP contribution in [-0.4, -0.2) is 26.0 Å². The van der Waals surface area contributed by atoms with E-state index in [1.165, 1.54) is 30.5 Å². The Hall–Kier alpha value is -2.27. The zero-order valence-corrected chi connectivity index (χ0v) is 15.5. The summed E-state index contributed by atoms with van der Waals surface area (Å²) < 4.78 is 29.5. The van der Waals surface area contributed by atoms with Gasteiger partial charge in [-0.25, -0.2) is 4.39 Å². The van der Waals surface area contributed by atoms with Crippen LogP contribution in [0, 0.1) is 11.7 Å². The molecule has 0 spiro atoms. The van der Waals surface area contributed by atoms with E-state index in [9.17, 15) is 4.39 Å². The molecule has 0 aliphatic carbocycles. The van der Waals surface area contributed by atoms with Crippen LogP contribution in [0.3, 0.4) is 0 Å². The Morgan fingerprint density at radius 3 is 2.78 bits per heavy atom. The third-order valence-electron chi connectivity index (χ3n) is 5.43. The van der Waals surface area contributed by atoms with Crippen molar-refractivity contribution in [1.29, 1.82) is 0 Å². The first-order valence-electron chi connectivity index (χ1n) is 9.76. The second kappa shape index (κ2) is 8.61. The van der Waals surface area contributed by atoms with Gasteiger partial charge in [-0.1, -0.05) is 6.07 Å². The summed E-state index contributed by atoms with van der Waals surface area (Å²) in [5.74, 6) is 2.89. The fraction of sp³-hybridized carbons (Fsp3) is 0.455. The Bertz CT molecular complexity index is 750. The minimum atomic E-state index is -0.231. The van der Waals surface area contributed by atoms with Crippen molar-refractivity contribution < 1.29 is 18.6 Å². The highest BCUT2D eigenvalue weighted by atomic mass is 19.1. The fourth-order valence-corrected chi connectivity index (χ4v) is 3.89. The number of piperidine rings is 1. The predicted octanol–water partition coefficient (Wildman–Crippen LogP) is 4.32. The number of hydrogen-bond donors (Lipinski definition) is 1. The van der Waals surface area contributed by atoms with E-state index in [4.69, 9.17) is 14.2 Å². The first kappa shape index (κ1) is 18.1. The molecule has 1 fully saturated rings. The lowest BCUT2D eigenvalue weighted by molar-refractivity contribution is 0.174. The predicted molar refractivity (Wildman–Crippen MR) is 102 cm³/mol. The summed E-state index contributed by atoms with van der Waals surface area (Å²) in [6.07, 6.45) is 5.56. The van der Waals surface area contributed by atoms with Gasteiger partial charge in [0.15, 0.2) is 11.5 Å². The van der Waals surface area contributed by atoms with E-state index < -0.39 is 0 Å². The molecule has 144 valence electrons. The molecule has 0 aromatic heterocycles. The normalized spacial score (nSPS) is 21.2. The highest BCUT2D eigenvalue weighted by molar-refractivity contribution is 5.44. The van der Waals surface area contributed by atoms with E-state index in [1.807, 2.05) is 6.07 Å². The van der Waals surface area contributed by atoms with Gasteiger partial charge in [-0.3, -0.25) is 0 Å². The highest BCUT2D eigenvalue weighted by Crippen LogP contribution is 2.33. The van der Waals surface area contributed by atoms with Gasteiger partial charge in [-0.05, 0) is 86.5 Å². The van der Waals surface area contributed by atoms with E-state index in [2.05, 4.69) is 17.4 Å². The fourth-order valence-electron chi connectivity index (χ4n) is 3.89. The Kier molecular flexibility index (Phi) is 5.78. The molecular formula is C22H26FNO3. The maximum absolute atomic E-state index is 12.9. The lowest BCUT2D eigenvalue weighted by Crippen LogP contribution is -2.38. The van der Waals surface area contributed by atoms with E-state index in [1.54, 1.807) is 12.1 Å². The van der Waals surface area contributed by atoms with Crippen LogP contribution in [0.4, 0.5) is 4.39 Å². The molecule has 0 bridgehead atoms. The number of rotatable bonds is 7. The van der Waals surface area contributed by atoms with Gasteiger partial charge in [-0.2, -0.15) is 0 Å². The van der Waals surface area contributed by atoms with Gasteiger partial charge < -0.3 is 19.5 Å². The molecular weight excluding hydrogens is 345 g/mol. The van der Waals surface area contributed by atoms with Crippen LogP contribution in [0.1, 0.15) is 31.2 Å². The third kappa shape index (κ3) is 4.92. The monoisotopic (exact) mass is 371 g/mol. The second-order valence-electron chi connectivity index (χ2n) is 7.36. The van der Waals surface area contributed by atoms with Gasteiger partial charge in [0.05, 0.1) is 6.61 Å². The molecule has 2 aromatic carbocycles. The molecule has 0 radical (unpaired) electrons. The SMILES string of the molecule is Fc1ccc(OCCC2CCNC(CCc3ccc4c(c3)OCO4)C2)cc1. The van der Waals surface area contributed by atoms with Gasteiger partial charge in [0.2, 0.25) is 6.79 Å². The molecule has 5 heteroatoms. The van der Waals surface area contributed by atoms with Crippen molar-refractivity contribution in [2.45, 2.75) is 38.1 Å². The third-order valence-corrected chi connectivity index (χ3v) is 5.43. The molecule has 1 saturated heterocycles. The van der Waals surface area contributed by atoms with Gasteiger partial charge in [-0.15, -0.1) is 0 Å². The molecule has 2 atom stereocenters. The van der Waals surface area contributed by atoms with E-state index in [0.29, 0.717) is 25.4 Å². The Balaban J connectivity index is 1.20. The minimum Gasteiger partial charge on any atom is -0.494 e. The van der Waals surface area contributed by atoms with Crippen LogP contribution < -0.4 is 19.5 Å². The lowest BCUT2D eigenvalue weighted by atomic mass is 9.87. The molecule has 4 rings (SSSR count). The molecule has 0 amide bonds. The van der Waals surface area contributed by atoms with Crippen LogP contribution in [0.15, 0.2) is 42.5 Å². The van der Waals surface area contributed by atoms with E-state index in [-0.39, 0.29) is 5.82 Å². The van der Waals surface area contributed by atoms with Crippen LogP contribution in [0.5, 0.6) is 17.2 Å². The van der Waals surface area contributed by atoms with Crippen molar-refractivity contribution in [2.75, 3.05) is 19.9 Å². The first-order chi connectivity index (χ1) is 13.3. The summed E-state index contributed by atoms with van der Waals surface area (Å²) >= 11 is 0. The second-order valence-corrected chi connectivity index (χ2v) is 7.36. The summed E-state index contributed by atoms with van der Waals surface area (Å²) in [5.41, 5.74) is 1.29. The van der Waals surface area contributed by atoms with Gasteiger partial charge >= 0.3 is 0 Å². The minimum absolute atomic E-state index is 0.231. The summed E-state index contributed by atoms with van der Waals surface area (Å²) in [7, 11) is 0. The molecule has 1 N–H and O–H groups in total. The van der Waals surface area contributed by atoms with Gasteiger partial charge in [0.25, 0.3) is 0 Å². The standard InChI is InChI=1S/C22H26FNO3/c23-18-3-6-20(7-4-18)25-12-10-17-9-11-24-19(13-17)5-1-16-2-8-21-22(14-16)27-15-26-21/h2-4,6-8,14,17,19,24H,1,5,9-13,15H2. The molecule has 2 aliphatic rings. The number of hydrogen-bond acceptors (Lipinski definition) is 4. The van der Waals surface area contributed by atoms with Crippen molar-refractivity contribution in [3.05, 3.63) is 53.8 Å². The molecule has 0 saturated carbocycles.